The van der Waals surface area contributed by atoms with Crippen molar-refractivity contribution in [1.29, 1.82) is 0 Å². The van der Waals surface area contributed by atoms with Crippen LogP contribution < -0.4 is 5.32 Å². The molecule has 1 unspecified atom stereocenters. The van der Waals surface area contributed by atoms with Gasteiger partial charge in [-0.3, -0.25) is 0 Å². The molecule has 0 radical (unpaired) electrons. The van der Waals surface area contributed by atoms with E-state index in [1.807, 2.05) is 6.07 Å². The summed E-state index contributed by atoms with van der Waals surface area (Å²) in [6.45, 7) is 5.32. The molecule has 0 saturated heterocycles. The van der Waals surface area contributed by atoms with Gasteiger partial charge in [-0.25, -0.2) is 0 Å². The second kappa shape index (κ2) is 5.57. The monoisotopic (exact) mass is 307 g/mol. The van der Waals surface area contributed by atoms with Crippen LogP contribution in [0.5, 0.6) is 0 Å². The molecule has 3 rings (SSSR count). The molecule has 1 aromatic rings. The maximum atomic E-state index is 10.7. The SMILES string of the molecule is CC1(C)CCC(O)(CNC2Cc3ccc(Cl)cc3C2)CC1. The first-order chi connectivity index (χ1) is 9.85. The van der Waals surface area contributed by atoms with Crippen molar-refractivity contribution in [3.63, 3.8) is 0 Å². The van der Waals surface area contributed by atoms with Crippen LogP contribution in [0.3, 0.4) is 0 Å². The van der Waals surface area contributed by atoms with Crippen molar-refractivity contribution >= 4 is 11.6 Å². The highest BCUT2D eigenvalue weighted by atomic mass is 35.5. The van der Waals surface area contributed by atoms with Crippen molar-refractivity contribution < 1.29 is 5.11 Å². The van der Waals surface area contributed by atoms with E-state index in [-0.39, 0.29) is 0 Å². The highest BCUT2D eigenvalue weighted by Gasteiger charge is 2.37. The third kappa shape index (κ3) is 3.61. The summed E-state index contributed by atoms with van der Waals surface area (Å²) < 4.78 is 0. The fourth-order valence-corrected chi connectivity index (χ4v) is 3.83. The Hall–Kier alpha value is -0.570. The van der Waals surface area contributed by atoms with Gasteiger partial charge in [-0.1, -0.05) is 31.5 Å². The third-order valence-electron chi connectivity index (χ3n) is 5.35. The smallest absolute Gasteiger partial charge is 0.0772 e. The highest BCUT2D eigenvalue weighted by molar-refractivity contribution is 6.30. The molecule has 2 aliphatic rings. The Balaban J connectivity index is 1.53. The van der Waals surface area contributed by atoms with E-state index in [9.17, 15) is 5.11 Å². The summed E-state index contributed by atoms with van der Waals surface area (Å²) in [6.07, 6.45) is 6.14. The minimum absolute atomic E-state index is 0.395. The Bertz CT molecular complexity index is 516. The third-order valence-corrected chi connectivity index (χ3v) is 5.59. The van der Waals surface area contributed by atoms with Crippen LogP contribution in [0, 0.1) is 5.41 Å². The van der Waals surface area contributed by atoms with Crippen LogP contribution >= 0.6 is 11.6 Å². The maximum Gasteiger partial charge on any atom is 0.0772 e. The average molecular weight is 308 g/mol. The lowest BCUT2D eigenvalue weighted by Gasteiger charge is -2.40. The minimum atomic E-state index is -0.512. The average Bonchev–Trinajstić information content (AvgIpc) is 2.83. The molecule has 3 heteroatoms. The van der Waals surface area contributed by atoms with Crippen molar-refractivity contribution in [2.45, 2.75) is 64.0 Å². The van der Waals surface area contributed by atoms with E-state index in [1.54, 1.807) is 0 Å². The maximum absolute atomic E-state index is 10.7. The van der Waals surface area contributed by atoms with Crippen LogP contribution in [0.4, 0.5) is 0 Å². The number of nitrogens with one attached hydrogen (secondary N) is 1. The quantitative estimate of drug-likeness (QED) is 0.892. The Morgan fingerprint density at radius 1 is 1.14 bits per heavy atom. The van der Waals surface area contributed by atoms with Crippen LogP contribution in [0.2, 0.25) is 5.02 Å². The zero-order valence-corrected chi connectivity index (χ0v) is 13.8. The van der Waals surface area contributed by atoms with Crippen LogP contribution in [-0.4, -0.2) is 23.3 Å². The number of aliphatic hydroxyl groups is 1. The Labute approximate surface area is 132 Å². The summed E-state index contributed by atoms with van der Waals surface area (Å²) in [5, 5.41) is 15.2. The lowest BCUT2D eigenvalue weighted by molar-refractivity contribution is -0.0258. The van der Waals surface area contributed by atoms with Gasteiger partial charge < -0.3 is 10.4 Å². The first-order valence-corrected chi connectivity index (χ1v) is 8.46. The molecule has 2 N–H and O–H groups in total. The topological polar surface area (TPSA) is 32.3 Å². The Morgan fingerprint density at radius 2 is 1.81 bits per heavy atom. The predicted octanol–water partition coefficient (Wildman–Crippen LogP) is 3.73. The van der Waals surface area contributed by atoms with E-state index in [0.29, 0.717) is 11.5 Å². The van der Waals surface area contributed by atoms with Crippen LogP contribution in [0.15, 0.2) is 18.2 Å². The van der Waals surface area contributed by atoms with Crippen LogP contribution in [-0.2, 0) is 12.8 Å². The summed E-state index contributed by atoms with van der Waals surface area (Å²) in [4.78, 5) is 0. The lowest BCUT2D eigenvalue weighted by atomic mass is 9.71. The molecule has 1 fully saturated rings. The molecular weight excluding hydrogens is 282 g/mol. The van der Waals surface area contributed by atoms with Gasteiger partial charge >= 0.3 is 0 Å². The van der Waals surface area contributed by atoms with Gasteiger partial charge in [0.25, 0.3) is 0 Å². The van der Waals surface area contributed by atoms with Crippen LogP contribution in [0.25, 0.3) is 0 Å². The van der Waals surface area contributed by atoms with E-state index in [0.717, 1.165) is 50.1 Å². The van der Waals surface area contributed by atoms with Crippen molar-refractivity contribution in [1.82, 2.24) is 5.32 Å². The largest absolute Gasteiger partial charge is 0.389 e. The van der Waals surface area contributed by atoms with Gasteiger partial charge in [0.1, 0.15) is 0 Å². The second-order valence-electron chi connectivity index (χ2n) is 7.79. The first kappa shape index (κ1) is 15.3. The predicted molar refractivity (Wildman–Crippen MR) is 87.8 cm³/mol. The summed E-state index contributed by atoms with van der Waals surface area (Å²) in [6, 6.07) is 6.63. The lowest BCUT2D eigenvalue weighted by Crippen LogP contribution is -2.48. The number of hydrogen-bond acceptors (Lipinski definition) is 2. The summed E-state index contributed by atoms with van der Waals surface area (Å²) in [5.74, 6) is 0. The molecule has 0 heterocycles. The first-order valence-electron chi connectivity index (χ1n) is 8.08. The van der Waals surface area contributed by atoms with Gasteiger partial charge in [0.2, 0.25) is 0 Å². The molecule has 0 bridgehead atoms. The number of halogens is 1. The van der Waals surface area contributed by atoms with E-state index in [2.05, 4.69) is 31.3 Å². The Morgan fingerprint density at radius 3 is 2.52 bits per heavy atom. The molecule has 1 saturated carbocycles. The molecule has 0 aromatic heterocycles. The zero-order valence-electron chi connectivity index (χ0n) is 13.1. The zero-order chi connectivity index (χ0) is 15.1. The number of fused-ring (bicyclic) bond motifs is 1. The normalized spacial score (nSPS) is 26.6. The number of benzene rings is 1. The summed E-state index contributed by atoms with van der Waals surface area (Å²) in [5.41, 5.74) is 2.64. The second-order valence-corrected chi connectivity index (χ2v) is 8.22. The van der Waals surface area contributed by atoms with E-state index in [1.165, 1.54) is 11.1 Å². The molecule has 1 aromatic carbocycles. The molecule has 0 amide bonds. The molecule has 0 spiro atoms. The van der Waals surface area contributed by atoms with Gasteiger partial charge in [0.05, 0.1) is 5.60 Å². The fraction of sp³-hybridized carbons (Fsp3) is 0.667. The minimum Gasteiger partial charge on any atom is -0.389 e. The fourth-order valence-electron chi connectivity index (χ4n) is 3.63. The molecule has 21 heavy (non-hydrogen) atoms. The van der Waals surface area contributed by atoms with Crippen molar-refractivity contribution in [3.05, 3.63) is 34.3 Å². The van der Waals surface area contributed by atoms with Crippen molar-refractivity contribution in [2.24, 2.45) is 5.41 Å². The summed E-state index contributed by atoms with van der Waals surface area (Å²) in [7, 11) is 0. The molecule has 2 nitrogen and oxygen atoms in total. The number of rotatable bonds is 3. The highest BCUT2D eigenvalue weighted by Crippen LogP contribution is 2.40. The molecule has 0 aliphatic heterocycles. The Kier molecular flexibility index (Phi) is 4.06. The van der Waals surface area contributed by atoms with Gasteiger partial charge in [0.15, 0.2) is 0 Å². The molecular formula is C18H26ClNO. The molecule has 1 atom stereocenters. The van der Waals surface area contributed by atoms with Gasteiger partial charge in [0, 0.05) is 17.6 Å². The van der Waals surface area contributed by atoms with Gasteiger partial charge in [-0.2, -0.15) is 0 Å². The van der Waals surface area contributed by atoms with E-state index in [4.69, 9.17) is 11.6 Å². The van der Waals surface area contributed by atoms with Gasteiger partial charge in [-0.05, 0) is 67.2 Å². The van der Waals surface area contributed by atoms with Crippen molar-refractivity contribution in [2.75, 3.05) is 6.54 Å². The standard InChI is InChI=1S/C18H26ClNO/c1-17(2)5-7-18(21,8-6-17)12-20-16-10-13-3-4-15(19)9-14(13)11-16/h3-4,9,16,20-21H,5-8,10-12H2,1-2H3. The van der Waals surface area contributed by atoms with E-state index >= 15 is 0 Å². The van der Waals surface area contributed by atoms with Gasteiger partial charge in [-0.15, -0.1) is 0 Å². The van der Waals surface area contributed by atoms with Crippen LogP contribution in [0.1, 0.15) is 50.7 Å². The van der Waals surface area contributed by atoms with Crippen molar-refractivity contribution in [3.8, 4) is 0 Å². The number of hydrogen-bond donors (Lipinski definition) is 2. The summed E-state index contributed by atoms with van der Waals surface area (Å²) >= 11 is 6.06. The molecule has 116 valence electrons. The molecule has 2 aliphatic carbocycles. The van der Waals surface area contributed by atoms with E-state index < -0.39 is 5.60 Å².